The maximum atomic E-state index is 12.5. The molecule has 1 aromatic carbocycles. The lowest BCUT2D eigenvalue weighted by Crippen LogP contribution is -2.34. The van der Waals surface area contributed by atoms with Crippen molar-refractivity contribution >= 4 is 15.7 Å². The zero-order chi connectivity index (χ0) is 13.3. The molecule has 1 aliphatic rings. The first-order valence-electron chi connectivity index (χ1n) is 6.24. The van der Waals surface area contributed by atoms with Crippen LogP contribution in [-0.2, 0) is 10.0 Å². The molecule has 1 aliphatic carbocycles. The van der Waals surface area contributed by atoms with Crippen molar-refractivity contribution in [3.63, 3.8) is 0 Å². The van der Waals surface area contributed by atoms with Crippen molar-refractivity contribution in [2.24, 2.45) is 5.92 Å². The molecule has 18 heavy (non-hydrogen) atoms. The van der Waals surface area contributed by atoms with E-state index in [0.717, 1.165) is 12.8 Å². The van der Waals surface area contributed by atoms with Crippen LogP contribution in [0.2, 0.25) is 0 Å². The summed E-state index contributed by atoms with van der Waals surface area (Å²) in [6.07, 6.45) is 3.49. The van der Waals surface area contributed by atoms with Gasteiger partial charge in [-0.1, -0.05) is 12.5 Å². The molecule has 0 radical (unpaired) electrons. The van der Waals surface area contributed by atoms with E-state index in [0.29, 0.717) is 28.6 Å². The van der Waals surface area contributed by atoms with Gasteiger partial charge in [0.25, 0.3) is 0 Å². The molecular weight excluding hydrogens is 248 g/mol. The van der Waals surface area contributed by atoms with E-state index in [2.05, 4.69) is 0 Å². The smallest absolute Gasteiger partial charge is 0.243 e. The highest BCUT2D eigenvalue weighted by Gasteiger charge is 2.27. The Labute approximate surface area is 109 Å². The number of anilines is 1. The van der Waals surface area contributed by atoms with Crippen molar-refractivity contribution in [3.8, 4) is 0 Å². The van der Waals surface area contributed by atoms with E-state index in [4.69, 9.17) is 5.73 Å². The third-order valence-electron chi connectivity index (χ3n) is 3.75. The Morgan fingerprint density at radius 1 is 1.39 bits per heavy atom. The molecule has 2 rings (SSSR count). The molecule has 1 fully saturated rings. The van der Waals surface area contributed by atoms with E-state index in [9.17, 15) is 8.42 Å². The summed E-state index contributed by atoms with van der Waals surface area (Å²) >= 11 is 0. The third kappa shape index (κ3) is 2.37. The van der Waals surface area contributed by atoms with Gasteiger partial charge in [0.05, 0.1) is 4.90 Å². The summed E-state index contributed by atoms with van der Waals surface area (Å²) in [6, 6.07) is 5.03. The summed E-state index contributed by atoms with van der Waals surface area (Å²) in [7, 11) is -1.76. The first kappa shape index (κ1) is 13.4. The molecule has 0 saturated heterocycles. The first-order valence-corrected chi connectivity index (χ1v) is 7.68. The monoisotopic (exact) mass is 268 g/mol. The average molecular weight is 268 g/mol. The van der Waals surface area contributed by atoms with Crippen LogP contribution in [0, 0.1) is 12.8 Å². The summed E-state index contributed by atoms with van der Waals surface area (Å²) in [5, 5.41) is 0. The average Bonchev–Trinajstić information content (AvgIpc) is 2.26. The summed E-state index contributed by atoms with van der Waals surface area (Å²) in [5.41, 5.74) is 6.93. The minimum Gasteiger partial charge on any atom is -0.398 e. The zero-order valence-corrected chi connectivity index (χ0v) is 11.7. The maximum Gasteiger partial charge on any atom is 0.243 e. The van der Waals surface area contributed by atoms with Crippen molar-refractivity contribution in [2.75, 3.05) is 19.3 Å². The van der Waals surface area contributed by atoms with Gasteiger partial charge in [-0.05, 0) is 43.4 Å². The Morgan fingerprint density at radius 3 is 2.61 bits per heavy atom. The van der Waals surface area contributed by atoms with Gasteiger partial charge in [-0.2, -0.15) is 0 Å². The van der Waals surface area contributed by atoms with Crippen LogP contribution in [0.1, 0.15) is 24.8 Å². The fourth-order valence-corrected chi connectivity index (χ4v) is 3.71. The van der Waals surface area contributed by atoms with Gasteiger partial charge in [0.15, 0.2) is 0 Å². The highest BCUT2D eigenvalue weighted by atomic mass is 32.2. The quantitative estimate of drug-likeness (QED) is 0.849. The van der Waals surface area contributed by atoms with E-state index in [-0.39, 0.29) is 0 Å². The molecule has 2 N–H and O–H groups in total. The fraction of sp³-hybridized carbons (Fsp3) is 0.538. The highest BCUT2D eigenvalue weighted by Crippen LogP contribution is 2.29. The van der Waals surface area contributed by atoms with Crippen LogP contribution in [0.25, 0.3) is 0 Å². The fourth-order valence-electron chi connectivity index (χ4n) is 2.22. The van der Waals surface area contributed by atoms with Gasteiger partial charge >= 0.3 is 0 Å². The molecule has 1 aromatic rings. The lowest BCUT2D eigenvalue weighted by molar-refractivity contribution is 0.263. The zero-order valence-electron chi connectivity index (χ0n) is 10.9. The molecule has 1 saturated carbocycles. The molecule has 0 atom stereocenters. The standard InChI is InChI=1S/C13H20N2O2S/c1-10-12(14)7-4-8-13(10)18(16,17)15(2)9-11-5-3-6-11/h4,7-8,11H,3,5-6,9,14H2,1-2H3. The Bertz CT molecular complexity index is 536. The molecular formula is C13H20N2O2S. The second-order valence-electron chi connectivity index (χ2n) is 5.05. The topological polar surface area (TPSA) is 63.4 Å². The Kier molecular flexibility index (Phi) is 3.64. The highest BCUT2D eigenvalue weighted by molar-refractivity contribution is 7.89. The number of nitrogens with two attached hydrogens (primary N) is 1. The molecule has 0 spiro atoms. The van der Waals surface area contributed by atoms with Gasteiger partial charge in [0, 0.05) is 19.3 Å². The van der Waals surface area contributed by atoms with Crippen LogP contribution in [-0.4, -0.2) is 26.3 Å². The third-order valence-corrected chi connectivity index (χ3v) is 5.72. The second-order valence-corrected chi connectivity index (χ2v) is 7.07. The van der Waals surface area contributed by atoms with Crippen molar-refractivity contribution in [1.29, 1.82) is 0 Å². The molecule has 0 aromatic heterocycles. The van der Waals surface area contributed by atoms with E-state index in [1.54, 1.807) is 32.2 Å². The Morgan fingerprint density at radius 2 is 2.06 bits per heavy atom. The lowest BCUT2D eigenvalue weighted by Gasteiger charge is -2.30. The minimum absolute atomic E-state index is 0.323. The maximum absolute atomic E-state index is 12.5. The number of hydrogen-bond acceptors (Lipinski definition) is 3. The summed E-state index contributed by atoms with van der Waals surface area (Å²) in [5.74, 6) is 0.520. The molecule has 0 amide bonds. The van der Waals surface area contributed by atoms with Crippen molar-refractivity contribution in [3.05, 3.63) is 23.8 Å². The molecule has 0 bridgehead atoms. The largest absolute Gasteiger partial charge is 0.398 e. The second kappa shape index (κ2) is 4.90. The van der Waals surface area contributed by atoms with Gasteiger partial charge in [-0.25, -0.2) is 12.7 Å². The summed E-state index contributed by atoms with van der Waals surface area (Å²) in [6.45, 7) is 2.36. The molecule has 4 nitrogen and oxygen atoms in total. The van der Waals surface area contributed by atoms with Crippen LogP contribution in [0.5, 0.6) is 0 Å². The molecule has 100 valence electrons. The van der Waals surface area contributed by atoms with Gasteiger partial charge in [0.1, 0.15) is 0 Å². The number of nitrogens with zero attached hydrogens (tertiary/aromatic N) is 1. The van der Waals surface area contributed by atoms with Crippen LogP contribution in [0.15, 0.2) is 23.1 Å². The number of nitrogen functional groups attached to an aromatic ring is 1. The summed E-state index contributed by atoms with van der Waals surface area (Å²) < 4.78 is 26.4. The van der Waals surface area contributed by atoms with Crippen LogP contribution < -0.4 is 5.73 Å². The predicted octanol–water partition coefficient (Wildman–Crippen LogP) is 2.00. The number of rotatable bonds is 4. The summed E-state index contributed by atoms with van der Waals surface area (Å²) in [4.78, 5) is 0.323. The Balaban J connectivity index is 2.26. The van der Waals surface area contributed by atoms with Crippen LogP contribution in [0.3, 0.4) is 0 Å². The van der Waals surface area contributed by atoms with E-state index >= 15 is 0 Å². The molecule has 0 aliphatic heterocycles. The predicted molar refractivity (Wildman–Crippen MR) is 72.7 cm³/mol. The van der Waals surface area contributed by atoms with Crippen LogP contribution in [0.4, 0.5) is 5.69 Å². The lowest BCUT2D eigenvalue weighted by atomic mass is 9.86. The van der Waals surface area contributed by atoms with Gasteiger partial charge < -0.3 is 5.73 Å². The normalized spacial score (nSPS) is 16.8. The van der Waals surface area contributed by atoms with E-state index < -0.39 is 10.0 Å². The molecule has 0 unspecified atom stereocenters. The number of hydrogen-bond donors (Lipinski definition) is 1. The van der Waals surface area contributed by atoms with Gasteiger partial charge in [-0.3, -0.25) is 0 Å². The number of benzene rings is 1. The first-order chi connectivity index (χ1) is 8.43. The van der Waals surface area contributed by atoms with E-state index in [1.165, 1.54) is 10.7 Å². The Hall–Kier alpha value is -1.07. The minimum atomic E-state index is -3.41. The van der Waals surface area contributed by atoms with E-state index in [1.807, 2.05) is 0 Å². The van der Waals surface area contributed by atoms with Crippen LogP contribution >= 0.6 is 0 Å². The van der Waals surface area contributed by atoms with Crippen molar-refractivity contribution in [1.82, 2.24) is 4.31 Å². The van der Waals surface area contributed by atoms with Gasteiger partial charge in [-0.15, -0.1) is 0 Å². The molecule has 5 heteroatoms. The SMILES string of the molecule is Cc1c(N)cccc1S(=O)(=O)N(C)CC1CCC1. The molecule has 0 heterocycles. The number of sulfonamides is 1. The van der Waals surface area contributed by atoms with Crippen molar-refractivity contribution < 1.29 is 8.42 Å². The van der Waals surface area contributed by atoms with Gasteiger partial charge in [0.2, 0.25) is 10.0 Å². The van der Waals surface area contributed by atoms with Crippen molar-refractivity contribution in [2.45, 2.75) is 31.1 Å².